The van der Waals surface area contributed by atoms with E-state index < -0.39 is 11.6 Å². The van der Waals surface area contributed by atoms with Crippen molar-refractivity contribution in [2.75, 3.05) is 21.1 Å². The SMILES string of the molecule is CCCCC/C=C\C/C=C\CCCCCCCC(=O)NC(CCC)(C(=O)[O-])[N+](C)(C)C. The molecule has 0 aliphatic heterocycles. The molecule has 0 aromatic heterocycles. The van der Waals surface area contributed by atoms with E-state index in [0.717, 1.165) is 38.5 Å². The monoisotopic (exact) mass is 436 g/mol. The van der Waals surface area contributed by atoms with Gasteiger partial charge in [0.2, 0.25) is 11.6 Å². The van der Waals surface area contributed by atoms with Gasteiger partial charge in [0.05, 0.1) is 21.1 Å². The molecule has 5 nitrogen and oxygen atoms in total. The van der Waals surface area contributed by atoms with Crippen LogP contribution in [-0.2, 0) is 9.59 Å². The van der Waals surface area contributed by atoms with Crippen LogP contribution < -0.4 is 10.4 Å². The Hall–Kier alpha value is -1.62. The number of nitrogens with one attached hydrogen (secondary N) is 1. The molecule has 0 aliphatic carbocycles. The van der Waals surface area contributed by atoms with Crippen LogP contribution in [0.25, 0.3) is 0 Å². The van der Waals surface area contributed by atoms with Gasteiger partial charge in [0.15, 0.2) is 0 Å². The lowest BCUT2D eigenvalue weighted by atomic mass is 9.99. The van der Waals surface area contributed by atoms with E-state index in [4.69, 9.17) is 0 Å². The number of aliphatic carboxylic acids is 1. The smallest absolute Gasteiger partial charge is 0.224 e. The lowest BCUT2D eigenvalue weighted by Gasteiger charge is -2.46. The molecule has 0 aromatic carbocycles. The zero-order valence-electron chi connectivity index (χ0n) is 20.9. The Morgan fingerprint density at radius 2 is 1.35 bits per heavy atom. The number of amides is 1. The Balaban J connectivity index is 3.97. The van der Waals surface area contributed by atoms with Crippen LogP contribution in [0.4, 0.5) is 0 Å². The fraction of sp³-hybridized carbons (Fsp3) is 0.769. The van der Waals surface area contributed by atoms with Gasteiger partial charge < -0.3 is 14.4 Å². The Morgan fingerprint density at radius 3 is 1.87 bits per heavy atom. The summed E-state index contributed by atoms with van der Waals surface area (Å²) in [6.45, 7) is 4.15. The quantitative estimate of drug-likeness (QED) is 0.136. The van der Waals surface area contributed by atoms with Gasteiger partial charge in [0, 0.05) is 12.8 Å². The van der Waals surface area contributed by atoms with Crippen molar-refractivity contribution in [1.29, 1.82) is 0 Å². The first kappa shape index (κ1) is 29.4. The Bertz CT molecular complexity index is 549. The molecule has 0 fully saturated rings. The largest absolute Gasteiger partial charge is 0.542 e. The number of hydrogen-bond acceptors (Lipinski definition) is 3. The minimum atomic E-state index is -1.37. The predicted molar refractivity (Wildman–Crippen MR) is 128 cm³/mol. The van der Waals surface area contributed by atoms with Gasteiger partial charge >= 0.3 is 0 Å². The van der Waals surface area contributed by atoms with Crippen molar-refractivity contribution in [2.45, 2.75) is 109 Å². The van der Waals surface area contributed by atoms with Crippen LogP contribution in [0.3, 0.4) is 0 Å². The number of likely N-dealkylation sites (N-methyl/N-ethyl adjacent to an activating group) is 1. The van der Waals surface area contributed by atoms with Gasteiger partial charge in [-0.2, -0.15) is 0 Å². The van der Waals surface area contributed by atoms with Crippen LogP contribution in [0.5, 0.6) is 0 Å². The highest BCUT2D eigenvalue weighted by molar-refractivity contribution is 5.84. The molecule has 1 amide bonds. The molecule has 0 rings (SSSR count). The summed E-state index contributed by atoms with van der Waals surface area (Å²) in [7, 11) is 5.35. The van der Waals surface area contributed by atoms with Crippen LogP contribution in [0.2, 0.25) is 0 Å². The number of allylic oxidation sites excluding steroid dienone is 4. The van der Waals surface area contributed by atoms with Crippen molar-refractivity contribution in [3.05, 3.63) is 24.3 Å². The summed E-state index contributed by atoms with van der Waals surface area (Å²) >= 11 is 0. The summed E-state index contributed by atoms with van der Waals surface area (Å²) in [5, 5.41) is 14.6. The predicted octanol–water partition coefficient (Wildman–Crippen LogP) is 4.87. The fourth-order valence-corrected chi connectivity index (χ4v) is 3.74. The minimum Gasteiger partial charge on any atom is -0.542 e. The average molecular weight is 437 g/mol. The second-order valence-corrected chi connectivity index (χ2v) is 9.44. The second kappa shape index (κ2) is 17.0. The molecule has 0 saturated heterocycles. The molecule has 5 heteroatoms. The normalized spacial score (nSPS) is 14.2. The van der Waals surface area contributed by atoms with Crippen LogP contribution in [0, 0.1) is 0 Å². The molecule has 0 spiro atoms. The van der Waals surface area contributed by atoms with Crippen molar-refractivity contribution in [3.63, 3.8) is 0 Å². The van der Waals surface area contributed by atoms with Crippen molar-refractivity contribution in [2.24, 2.45) is 0 Å². The maximum absolute atomic E-state index is 12.4. The topological polar surface area (TPSA) is 69.2 Å². The van der Waals surface area contributed by atoms with Crippen LogP contribution in [0.1, 0.15) is 104 Å². The molecule has 0 radical (unpaired) electrons. The first-order valence-electron chi connectivity index (χ1n) is 12.3. The highest BCUT2D eigenvalue weighted by atomic mass is 16.4. The molecular weight excluding hydrogens is 388 g/mol. The van der Waals surface area contributed by atoms with E-state index >= 15 is 0 Å². The fourth-order valence-electron chi connectivity index (χ4n) is 3.74. The summed E-state index contributed by atoms with van der Waals surface area (Å²) in [4.78, 5) is 24.2. The maximum Gasteiger partial charge on any atom is 0.224 e. The van der Waals surface area contributed by atoms with Crippen LogP contribution in [-0.4, -0.2) is 43.2 Å². The zero-order chi connectivity index (χ0) is 23.6. The third-order valence-electron chi connectivity index (χ3n) is 5.80. The molecular formula is C26H48N2O3. The van der Waals surface area contributed by atoms with Gasteiger partial charge in [0.1, 0.15) is 5.97 Å². The zero-order valence-corrected chi connectivity index (χ0v) is 20.9. The van der Waals surface area contributed by atoms with E-state index in [-0.39, 0.29) is 10.4 Å². The van der Waals surface area contributed by atoms with Gasteiger partial charge in [-0.1, -0.05) is 70.3 Å². The highest BCUT2D eigenvalue weighted by Gasteiger charge is 2.45. The number of rotatable bonds is 19. The molecule has 0 heterocycles. The molecule has 0 aliphatic rings. The number of carboxylic acids is 1. The van der Waals surface area contributed by atoms with Crippen molar-refractivity contribution in [1.82, 2.24) is 5.32 Å². The van der Waals surface area contributed by atoms with Gasteiger partial charge in [-0.25, -0.2) is 0 Å². The second-order valence-electron chi connectivity index (χ2n) is 9.44. The number of hydrogen-bond donors (Lipinski definition) is 1. The van der Waals surface area contributed by atoms with Crippen molar-refractivity contribution < 1.29 is 19.2 Å². The Labute approximate surface area is 191 Å². The molecule has 1 N–H and O–H groups in total. The molecule has 0 bridgehead atoms. The molecule has 0 saturated carbocycles. The van der Waals surface area contributed by atoms with E-state index in [1.165, 1.54) is 32.1 Å². The van der Waals surface area contributed by atoms with Gasteiger partial charge in [-0.3, -0.25) is 10.1 Å². The number of carboxylic acid groups (broad SMARTS) is 1. The minimum absolute atomic E-state index is 0.108. The maximum atomic E-state index is 12.4. The van der Waals surface area contributed by atoms with E-state index in [9.17, 15) is 14.7 Å². The average Bonchev–Trinajstić information content (AvgIpc) is 2.69. The third kappa shape index (κ3) is 12.7. The summed E-state index contributed by atoms with van der Waals surface area (Å²) in [5.41, 5.74) is -1.37. The highest BCUT2D eigenvalue weighted by Crippen LogP contribution is 2.22. The Kier molecular flexibility index (Phi) is 16.1. The number of quaternary nitrogens is 1. The van der Waals surface area contributed by atoms with Gasteiger partial charge in [0.25, 0.3) is 0 Å². The number of carbonyl (C=O) groups excluding carboxylic acids is 2. The van der Waals surface area contributed by atoms with Crippen LogP contribution >= 0.6 is 0 Å². The summed E-state index contributed by atoms with van der Waals surface area (Å²) in [6, 6.07) is 0. The van der Waals surface area contributed by atoms with E-state index in [1.807, 2.05) is 6.92 Å². The van der Waals surface area contributed by atoms with E-state index in [1.54, 1.807) is 21.1 Å². The van der Waals surface area contributed by atoms with Crippen molar-refractivity contribution >= 4 is 11.9 Å². The number of unbranched alkanes of at least 4 members (excludes halogenated alkanes) is 8. The first-order chi connectivity index (χ1) is 14.7. The van der Waals surface area contributed by atoms with E-state index in [0.29, 0.717) is 19.3 Å². The summed E-state index contributed by atoms with van der Waals surface area (Å²) < 4.78 is 0.108. The van der Waals surface area contributed by atoms with E-state index in [2.05, 4.69) is 36.5 Å². The number of nitrogens with zero attached hydrogens (tertiary/aromatic N) is 1. The Morgan fingerprint density at radius 1 is 0.806 bits per heavy atom. The third-order valence-corrected chi connectivity index (χ3v) is 5.80. The summed E-state index contributed by atoms with van der Waals surface area (Å²) in [5.74, 6) is -1.41. The molecule has 0 aromatic rings. The lowest BCUT2D eigenvalue weighted by Crippen LogP contribution is -2.74. The lowest BCUT2D eigenvalue weighted by molar-refractivity contribution is -0.919. The number of carbonyl (C=O) groups is 2. The molecule has 1 atom stereocenters. The standard InChI is InChI=1S/C26H48N2O3/c1-6-8-9-10-11-12-13-14-15-16-17-18-19-20-21-22-24(29)27-26(23-7-2,25(30)31)28(3,4)5/h11-12,14-15H,6-10,13,16-23H2,1-5H3,(H-,27,29,30,31)/b12-11-,15-14-. The first-order valence-corrected chi connectivity index (χ1v) is 12.3. The molecule has 31 heavy (non-hydrogen) atoms. The van der Waals surface area contributed by atoms with Crippen molar-refractivity contribution in [3.8, 4) is 0 Å². The van der Waals surface area contributed by atoms with Gasteiger partial charge in [-0.05, 0) is 44.9 Å². The molecule has 180 valence electrons. The summed E-state index contributed by atoms with van der Waals surface area (Å²) in [6.07, 6.45) is 22.9. The van der Waals surface area contributed by atoms with Crippen LogP contribution in [0.15, 0.2) is 24.3 Å². The molecule has 1 unspecified atom stereocenters. The van der Waals surface area contributed by atoms with Gasteiger partial charge in [-0.15, -0.1) is 0 Å².